The van der Waals surface area contributed by atoms with E-state index in [4.69, 9.17) is 22.7 Å². The first kappa shape index (κ1) is 14.9. The van der Waals surface area contributed by atoms with Crippen LogP contribution in [0.3, 0.4) is 0 Å². The second-order valence-corrected chi connectivity index (χ2v) is 6.29. The highest BCUT2D eigenvalue weighted by molar-refractivity contribution is 7.09. The van der Waals surface area contributed by atoms with Gasteiger partial charge >= 0.3 is 0 Å². The first-order valence-electron chi connectivity index (χ1n) is 6.38. The normalized spacial score (nSPS) is 12.2. The maximum atomic E-state index is 7.69. The molecule has 0 radical (unpaired) electrons. The highest BCUT2D eigenvalue weighted by atomic mass is 35.5. The molecule has 106 valence electrons. The van der Waals surface area contributed by atoms with E-state index in [9.17, 15) is 0 Å². The summed E-state index contributed by atoms with van der Waals surface area (Å²) in [5, 5.41) is 10.4. The van der Waals surface area contributed by atoms with Crippen LogP contribution in [0.25, 0.3) is 0 Å². The second-order valence-electron chi connectivity index (χ2n) is 4.82. The average molecular weight is 308 g/mol. The van der Waals surface area contributed by atoms with Crippen molar-refractivity contribution < 1.29 is 0 Å². The maximum Gasteiger partial charge on any atom is 0.124 e. The first-order valence-corrected chi connectivity index (χ1v) is 7.64. The van der Waals surface area contributed by atoms with Gasteiger partial charge in [-0.3, -0.25) is 5.41 Å². The topological polar surface area (TPSA) is 53.1 Å². The van der Waals surface area contributed by atoms with Crippen molar-refractivity contribution in [1.29, 1.82) is 5.41 Å². The molecule has 0 bridgehead atoms. The van der Waals surface area contributed by atoms with Gasteiger partial charge in [0.1, 0.15) is 5.84 Å². The van der Waals surface area contributed by atoms with E-state index in [1.807, 2.05) is 13.1 Å². The molecule has 1 aromatic carbocycles. The van der Waals surface area contributed by atoms with Crippen molar-refractivity contribution in [1.82, 2.24) is 0 Å². The van der Waals surface area contributed by atoms with Gasteiger partial charge in [-0.05, 0) is 36.6 Å². The largest absolute Gasteiger partial charge is 0.384 e. The van der Waals surface area contributed by atoms with E-state index < -0.39 is 0 Å². The fourth-order valence-electron chi connectivity index (χ4n) is 2.12. The fraction of sp³-hybridized carbons (Fsp3) is 0.267. The van der Waals surface area contributed by atoms with Gasteiger partial charge in [-0.15, -0.1) is 11.3 Å². The van der Waals surface area contributed by atoms with Crippen LogP contribution in [-0.2, 0) is 6.42 Å². The van der Waals surface area contributed by atoms with Crippen LogP contribution in [-0.4, -0.2) is 18.9 Å². The summed E-state index contributed by atoms with van der Waals surface area (Å²) in [6.45, 7) is 2.16. The Morgan fingerprint density at radius 2 is 2.20 bits per heavy atom. The highest BCUT2D eigenvalue weighted by Gasteiger charge is 2.16. The summed E-state index contributed by atoms with van der Waals surface area (Å²) in [4.78, 5) is 3.47. The lowest BCUT2D eigenvalue weighted by Gasteiger charge is -2.28. The Bertz CT molecular complexity index is 595. The van der Waals surface area contributed by atoms with Crippen LogP contribution >= 0.6 is 22.9 Å². The number of likely N-dealkylation sites (N-methyl/N-ethyl adjacent to an activating group) is 1. The lowest BCUT2D eigenvalue weighted by atomic mass is 10.1. The number of anilines is 1. The van der Waals surface area contributed by atoms with E-state index >= 15 is 0 Å². The Morgan fingerprint density at radius 3 is 2.80 bits per heavy atom. The predicted octanol–water partition coefficient (Wildman–Crippen LogP) is 3.75. The lowest BCUT2D eigenvalue weighted by molar-refractivity contribution is 0.688. The van der Waals surface area contributed by atoms with Gasteiger partial charge in [0.15, 0.2) is 0 Å². The number of benzene rings is 1. The van der Waals surface area contributed by atoms with Crippen LogP contribution in [0.1, 0.15) is 17.4 Å². The van der Waals surface area contributed by atoms with Gasteiger partial charge in [-0.1, -0.05) is 17.7 Å². The quantitative estimate of drug-likeness (QED) is 0.653. The molecule has 2 aromatic rings. The molecule has 1 atom stereocenters. The third kappa shape index (κ3) is 3.32. The molecule has 0 saturated carbocycles. The summed E-state index contributed by atoms with van der Waals surface area (Å²) in [5.74, 6) is 0.0619. The molecule has 3 nitrogen and oxygen atoms in total. The Hall–Kier alpha value is -1.52. The van der Waals surface area contributed by atoms with Gasteiger partial charge in [0, 0.05) is 40.7 Å². The van der Waals surface area contributed by atoms with Gasteiger partial charge in [0.05, 0.1) is 0 Å². The van der Waals surface area contributed by atoms with E-state index in [1.165, 1.54) is 4.88 Å². The molecule has 0 amide bonds. The number of nitrogens with two attached hydrogens (primary N) is 1. The Morgan fingerprint density at radius 1 is 1.45 bits per heavy atom. The Balaban J connectivity index is 2.25. The highest BCUT2D eigenvalue weighted by Crippen LogP contribution is 2.26. The molecule has 0 aliphatic heterocycles. The van der Waals surface area contributed by atoms with Gasteiger partial charge in [-0.25, -0.2) is 0 Å². The lowest BCUT2D eigenvalue weighted by Crippen LogP contribution is -2.32. The summed E-state index contributed by atoms with van der Waals surface area (Å²) < 4.78 is 0. The smallest absolute Gasteiger partial charge is 0.124 e. The number of thiophene rings is 1. The molecule has 0 aliphatic carbocycles. The van der Waals surface area contributed by atoms with Crippen molar-refractivity contribution in [2.45, 2.75) is 19.4 Å². The summed E-state index contributed by atoms with van der Waals surface area (Å²) in [6, 6.07) is 9.92. The average Bonchev–Trinajstić information content (AvgIpc) is 2.90. The molecular formula is C15H18ClN3S. The molecule has 1 unspecified atom stereocenters. The SMILES string of the molecule is CC(Cc1cccs1)N(C)c1cc(Cl)ccc1C(=N)N. The van der Waals surface area contributed by atoms with Crippen molar-refractivity contribution in [3.05, 3.63) is 51.2 Å². The van der Waals surface area contributed by atoms with Gasteiger partial charge < -0.3 is 10.6 Å². The number of halogens is 1. The molecule has 20 heavy (non-hydrogen) atoms. The summed E-state index contributed by atoms with van der Waals surface area (Å²) in [6.07, 6.45) is 0.956. The molecule has 0 saturated heterocycles. The number of rotatable bonds is 5. The number of hydrogen-bond acceptors (Lipinski definition) is 3. The van der Waals surface area contributed by atoms with Crippen molar-refractivity contribution in [3.8, 4) is 0 Å². The van der Waals surface area contributed by atoms with Crippen LogP contribution in [0, 0.1) is 5.41 Å². The van der Waals surface area contributed by atoms with E-state index in [-0.39, 0.29) is 5.84 Å². The minimum absolute atomic E-state index is 0.0619. The molecular weight excluding hydrogens is 290 g/mol. The molecule has 5 heteroatoms. The van der Waals surface area contributed by atoms with Crippen LogP contribution in [0.2, 0.25) is 5.02 Å². The van der Waals surface area contributed by atoms with E-state index in [1.54, 1.807) is 23.5 Å². The fourth-order valence-corrected chi connectivity index (χ4v) is 3.11. The molecule has 2 rings (SSSR count). The Kier molecular flexibility index (Phi) is 4.68. The predicted molar refractivity (Wildman–Crippen MR) is 88.4 cm³/mol. The number of nitrogen functional groups attached to an aromatic ring is 1. The van der Waals surface area contributed by atoms with E-state index in [0.717, 1.165) is 17.7 Å². The van der Waals surface area contributed by atoms with Crippen molar-refractivity contribution in [2.24, 2.45) is 5.73 Å². The number of nitrogens with zero attached hydrogens (tertiary/aromatic N) is 1. The third-order valence-electron chi connectivity index (χ3n) is 3.37. The summed E-state index contributed by atoms with van der Waals surface area (Å²) >= 11 is 7.83. The van der Waals surface area contributed by atoms with Crippen LogP contribution < -0.4 is 10.6 Å². The minimum Gasteiger partial charge on any atom is -0.384 e. The van der Waals surface area contributed by atoms with Crippen molar-refractivity contribution in [3.63, 3.8) is 0 Å². The first-order chi connectivity index (χ1) is 9.49. The zero-order valence-corrected chi connectivity index (χ0v) is 13.1. The maximum absolute atomic E-state index is 7.69. The number of amidine groups is 1. The van der Waals surface area contributed by atoms with E-state index in [2.05, 4.69) is 29.3 Å². The standard InChI is InChI=1S/C15H18ClN3S/c1-10(8-12-4-3-7-20-12)19(2)14-9-11(16)5-6-13(14)15(17)18/h3-7,9-10H,8H2,1-2H3,(H3,17,18). The van der Waals surface area contributed by atoms with Gasteiger partial charge in [0.2, 0.25) is 0 Å². The third-order valence-corrected chi connectivity index (χ3v) is 4.50. The Labute approximate surface area is 128 Å². The molecule has 0 spiro atoms. The van der Waals surface area contributed by atoms with E-state index in [0.29, 0.717) is 11.1 Å². The second kappa shape index (κ2) is 6.29. The van der Waals surface area contributed by atoms with Crippen LogP contribution in [0.4, 0.5) is 5.69 Å². The zero-order valence-electron chi connectivity index (χ0n) is 11.6. The van der Waals surface area contributed by atoms with Crippen LogP contribution in [0.5, 0.6) is 0 Å². The minimum atomic E-state index is 0.0619. The van der Waals surface area contributed by atoms with Crippen LogP contribution in [0.15, 0.2) is 35.7 Å². The van der Waals surface area contributed by atoms with Gasteiger partial charge in [-0.2, -0.15) is 0 Å². The monoisotopic (exact) mass is 307 g/mol. The molecule has 0 aliphatic rings. The number of nitrogens with one attached hydrogen (secondary N) is 1. The number of hydrogen-bond donors (Lipinski definition) is 2. The van der Waals surface area contributed by atoms with Gasteiger partial charge in [0.25, 0.3) is 0 Å². The van der Waals surface area contributed by atoms with Crippen molar-refractivity contribution in [2.75, 3.05) is 11.9 Å². The molecule has 3 N–H and O–H groups in total. The summed E-state index contributed by atoms with van der Waals surface area (Å²) in [5.41, 5.74) is 7.27. The molecule has 0 fully saturated rings. The molecule has 1 aromatic heterocycles. The molecule has 1 heterocycles. The zero-order chi connectivity index (χ0) is 14.7. The van der Waals surface area contributed by atoms with Crippen molar-refractivity contribution >= 4 is 34.5 Å². The summed E-state index contributed by atoms with van der Waals surface area (Å²) in [7, 11) is 2.01.